The number of nitrogens with zero attached hydrogens (tertiary/aromatic N) is 5. The van der Waals surface area contributed by atoms with Gasteiger partial charge in [0.15, 0.2) is 0 Å². The molecular weight excluding hydrogens is 760 g/mol. The van der Waals surface area contributed by atoms with Crippen molar-refractivity contribution in [3.8, 4) is 67.9 Å². The number of hydrogen-bond donors (Lipinski definition) is 2. The number of alkyl halides is 1. The molecule has 2 heterocycles. The van der Waals surface area contributed by atoms with Gasteiger partial charge in [0.05, 0.1) is 13.2 Å². The lowest BCUT2D eigenvalue weighted by molar-refractivity contribution is 0.156. The first kappa shape index (κ1) is 39.8. The van der Waals surface area contributed by atoms with Crippen molar-refractivity contribution in [2.24, 2.45) is 0 Å². The molecule has 0 bridgehead atoms. The standard InChI is InChI=1S/C25H24FN3O3.C21H14ClFN2O/c26-23-16-21(10-11-22(23)19-4-2-1-3-5-19)25-27-24(28-32-25)20-8-6-18(7-9-20)17-29(12-14-30)13-15-31;22-13-14-6-8-16(9-7-14)20-24-21(26-25-20)17-10-11-18(19(23)12-17)15-4-2-1-3-5-15/h1-11,16,30-31H,12-15,17H2;1-12H,13H2. The van der Waals surface area contributed by atoms with E-state index in [0.717, 1.165) is 33.4 Å². The highest BCUT2D eigenvalue weighted by atomic mass is 35.5. The van der Waals surface area contributed by atoms with Gasteiger partial charge < -0.3 is 19.3 Å². The molecule has 0 saturated carbocycles. The SMILES string of the molecule is Fc1cc(-c2nc(-c3ccc(CCl)cc3)no2)ccc1-c1ccccc1.OCCN(CCO)Cc1ccc(-c2noc(-c3ccc(-c4ccccc4)c(F)c3)n2)cc1. The Bertz CT molecular complexity index is 2530. The van der Waals surface area contributed by atoms with Crippen molar-refractivity contribution in [3.05, 3.63) is 168 Å². The monoisotopic (exact) mass is 797 g/mol. The van der Waals surface area contributed by atoms with E-state index in [-0.39, 0.29) is 36.6 Å². The van der Waals surface area contributed by atoms with E-state index < -0.39 is 0 Å². The smallest absolute Gasteiger partial charge is 0.258 e. The van der Waals surface area contributed by atoms with E-state index in [0.29, 0.717) is 59.4 Å². The van der Waals surface area contributed by atoms with Crippen molar-refractivity contribution in [3.63, 3.8) is 0 Å². The molecule has 0 radical (unpaired) electrons. The maximum absolute atomic E-state index is 14.7. The highest BCUT2D eigenvalue weighted by Gasteiger charge is 2.16. The van der Waals surface area contributed by atoms with Crippen molar-refractivity contribution in [2.75, 3.05) is 26.3 Å². The Morgan fingerprint density at radius 2 is 0.914 bits per heavy atom. The van der Waals surface area contributed by atoms with Gasteiger partial charge in [0.1, 0.15) is 11.6 Å². The van der Waals surface area contributed by atoms with E-state index in [9.17, 15) is 8.78 Å². The van der Waals surface area contributed by atoms with Crippen LogP contribution in [0, 0.1) is 11.6 Å². The van der Waals surface area contributed by atoms with Gasteiger partial charge in [-0.2, -0.15) is 9.97 Å². The summed E-state index contributed by atoms with van der Waals surface area (Å²) in [5, 5.41) is 26.3. The number of benzene rings is 6. The second-order valence-corrected chi connectivity index (χ2v) is 13.5. The van der Waals surface area contributed by atoms with Crippen LogP contribution in [0.1, 0.15) is 11.1 Å². The van der Waals surface area contributed by atoms with Crippen LogP contribution in [0.5, 0.6) is 0 Å². The predicted octanol–water partition coefficient (Wildman–Crippen LogP) is 9.94. The minimum absolute atomic E-state index is 0.0383. The molecule has 6 aromatic carbocycles. The van der Waals surface area contributed by atoms with Gasteiger partial charge in [0.25, 0.3) is 11.8 Å². The van der Waals surface area contributed by atoms with Gasteiger partial charge in [0, 0.05) is 58.9 Å². The van der Waals surface area contributed by atoms with Crippen molar-refractivity contribution < 1.29 is 28.0 Å². The van der Waals surface area contributed by atoms with Crippen molar-refractivity contribution >= 4 is 11.6 Å². The molecule has 58 heavy (non-hydrogen) atoms. The Balaban J connectivity index is 0.000000180. The van der Waals surface area contributed by atoms with E-state index in [2.05, 4.69) is 20.3 Å². The number of rotatable bonds is 13. The second kappa shape index (κ2) is 19.2. The Morgan fingerprint density at radius 1 is 0.500 bits per heavy atom. The lowest BCUT2D eigenvalue weighted by Gasteiger charge is -2.20. The summed E-state index contributed by atoms with van der Waals surface area (Å²) < 4.78 is 39.9. The molecule has 0 saturated heterocycles. The first-order valence-corrected chi connectivity index (χ1v) is 19.0. The predicted molar refractivity (Wildman–Crippen MR) is 220 cm³/mol. The summed E-state index contributed by atoms with van der Waals surface area (Å²) in [5.41, 5.74) is 7.37. The molecule has 0 aliphatic rings. The molecule has 0 amide bonds. The molecule has 12 heteroatoms. The minimum Gasteiger partial charge on any atom is -0.395 e. The summed E-state index contributed by atoms with van der Waals surface area (Å²) in [6.07, 6.45) is 0. The first-order chi connectivity index (χ1) is 28.4. The van der Waals surface area contributed by atoms with Crippen LogP contribution in [-0.2, 0) is 12.4 Å². The Hall–Kier alpha value is -6.37. The lowest BCUT2D eigenvalue weighted by atomic mass is 10.0. The second-order valence-electron chi connectivity index (χ2n) is 13.2. The summed E-state index contributed by atoms with van der Waals surface area (Å²) in [5.74, 6) is 1.16. The van der Waals surface area contributed by atoms with Gasteiger partial charge in [-0.3, -0.25) is 4.90 Å². The summed E-state index contributed by atoms with van der Waals surface area (Å²) in [6, 6.07) is 43.8. The Morgan fingerprint density at radius 3 is 1.31 bits per heavy atom. The van der Waals surface area contributed by atoms with Crippen LogP contribution >= 0.6 is 11.6 Å². The molecule has 8 aromatic rings. The lowest BCUT2D eigenvalue weighted by Crippen LogP contribution is -2.29. The number of halogens is 3. The fourth-order valence-corrected chi connectivity index (χ4v) is 6.41. The molecule has 0 atom stereocenters. The number of aliphatic hydroxyl groups is 2. The van der Waals surface area contributed by atoms with Crippen LogP contribution < -0.4 is 0 Å². The molecule has 2 aromatic heterocycles. The van der Waals surface area contributed by atoms with E-state index in [1.165, 1.54) is 12.1 Å². The summed E-state index contributed by atoms with van der Waals surface area (Å²) in [6.45, 7) is 1.69. The summed E-state index contributed by atoms with van der Waals surface area (Å²) in [7, 11) is 0. The molecule has 292 valence electrons. The van der Waals surface area contributed by atoms with Crippen molar-refractivity contribution in [2.45, 2.75) is 12.4 Å². The van der Waals surface area contributed by atoms with E-state index >= 15 is 0 Å². The number of aliphatic hydroxyl groups excluding tert-OH is 2. The highest BCUT2D eigenvalue weighted by molar-refractivity contribution is 6.17. The van der Waals surface area contributed by atoms with Crippen molar-refractivity contribution in [1.29, 1.82) is 0 Å². The Kier molecular flexibility index (Phi) is 13.2. The maximum atomic E-state index is 14.7. The van der Waals surface area contributed by atoms with Gasteiger partial charge in [-0.25, -0.2) is 8.78 Å². The topological polar surface area (TPSA) is 122 Å². The fraction of sp³-hybridized carbons (Fsp3) is 0.130. The summed E-state index contributed by atoms with van der Waals surface area (Å²) in [4.78, 5) is 10.8. The average Bonchev–Trinajstić information content (AvgIpc) is 3.97. The van der Waals surface area contributed by atoms with Crippen LogP contribution in [0.3, 0.4) is 0 Å². The summed E-state index contributed by atoms with van der Waals surface area (Å²) >= 11 is 5.80. The molecule has 0 spiro atoms. The van der Waals surface area contributed by atoms with Gasteiger partial charge in [-0.15, -0.1) is 11.6 Å². The molecule has 0 fully saturated rings. The number of hydrogen-bond acceptors (Lipinski definition) is 9. The molecular formula is C46H38ClF2N5O4. The zero-order valence-electron chi connectivity index (χ0n) is 31.2. The minimum atomic E-state index is -0.354. The Labute approximate surface area is 338 Å². The number of aromatic nitrogens is 4. The molecule has 0 aliphatic carbocycles. The molecule has 2 N–H and O–H groups in total. The molecule has 0 aliphatic heterocycles. The zero-order valence-corrected chi connectivity index (χ0v) is 31.9. The third kappa shape index (κ3) is 9.77. The van der Waals surface area contributed by atoms with E-state index in [4.69, 9.17) is 30.9 Å². The van der Waals surface area contributed by atoms with Crippen LogP contribution in [0.15, 0.2) is 155 Å². The third-order valence-electron chi connectivity index (χ3n) is 9.27. The highest BCUT2D eigenvalue weighted by Crippen LogP contribution is 2.30. The van der Waals surface area contributed by atoms with Crippen molar-refractivity contribution in [1.82, 2.24) is 25.2 Å². The van der Waals surface area contributed by atoms with Gasteiger partial charge >= 0.3 is 0 Å². The van der Waals surface area contributed by atoms with Crippen LogP contribution in [0.2, 0.25) is 0 Å². The molecule has 0 unspecified atom stereocenters. The quantitative estimate of drug-likeness (QED) is 0.110. The zero-order chi connectivity index (χ0) is 40.3. The third-order valence-corrected chi connectivity index (χ3v) is 9.58. The first-order valence-electron chi connectivity index (χ1n) is 18.5. The van der Waals surface area contributed by atoms with Crippen LogP contribution in [0.4, 0.5) is 8.78 Å². The van der Waals surface area contributed by atoms with Crippen LogP contribution in [-0.4, -0.2) is 61.7 Å². The van der Waals surface area contributed by atoms with Gasteiger partial charge in [-0.05, 0) is 46.5 Å². The largest absolute Gasteiger partial charge is 0.395 e. The van der Waals surface area contributed by atoms with E-state index in [1.807, 2.05) is 114 Å². The molecule has 8 rings (SSSR count). The fourth-order valence-electron chi connectivity index (χ4n) is 6.23. The maximum Gasteiger partial charge on any atom is 0.258 e. The van der Waals surface area contributed by atoms with Gasteiger partial charge in [-0.1, -0.05) is 132 Å². The normalized spacial score (nSPS) is 11.1. The average molecular weight is 798 g/mol. The van der Waals surface area contributed by atoms with E-state index in [1.54, 1.807) is 24.3 Å². The van der Waals surface area contributed by atoms with Crippen LogP contribution in [0.25, 0.3) is 67.9 Å². The van der Waals surface area contributed by atoms with Gasteiger partial charge in [0.2, 0.25) is 11.6 Å². The molecule has 9 nitrogen and oxygen atoms in total.